The number of pyridine rings is 1. The Kier molecular flexibility index (Phi) is 3.30. The number of azo groups is 1. The smallest absolute Gasteiger partial charge is 0.256 e. The molecule has 1 aromatic rings. The van der Waals surface area contributed by atoms with Gasteiger partial charge in [0.2, 0.25) is 0 Å². The summed E-state index contributed by atoms with van der Waals surface area (Å²) in [6.07, 6.45) is -4.44. The fourth-order valence-electron chi connectivity index (χ4n) is 1.50. The predicted molar refractivity (Wildman–Crippen MR) is 53.9 cm³/mol. The molecule has 0 radical (unpaired) electrons. The molecule has 0 saturated heterocycles. The van der Waals surface area contributed by atoms with Crippen molar-refractivity contribution in [3.05, 3.63) is 22.5 Å². The van der Waals surface area contributed by atoms with E-state index in [1.807, 2.05) is 0 Å². The second-order valence-corrected chi connectivity index (χ2v) is 3.43. The molecule has 0 aliphatic carbocycles. The molecule has 1 rings (SSSR count). The third kappa shape index (κ3) is 2.20. The predicted octanol–water partition coefficient (Wildman–Crippen LogP) is 3.74. The lowest BCUT2D eigenvalue weighted by atomic mass is 10.0. The third-order valence-corrected chi connectivity index (χ3v) is 2.32. The highest BCUT2D eigenvalue weighted by molar-refractivity contribution is 5.55. The van der Waals surface area contributed by atoms with Crippen LogP contribution in [0.2, 0.25) is 0 Å². The van der Waals surface area contributed by atoms with Gasteiger partial charge in [-0.2, -0.15) is 23.4 Å². The van der Waals surface area contributed by atoms with Crippen molar-refractivity contribution in [3.8, 4) is 0 Å². The Morgan fingerprint density at radius 3 is 2.06 bits per heavy atom. The van der Waals surface area contributed by atoms with Gasteiger partial charge in [-0.3, -0.25) is 4.98 Å². The Labute approximate surface area is 91.4 Å². The topological polar surface area (TPSA) is 37.6 Å². The molecule has 0 N–H and O–H groups in total. The highest BCUT2D eigenvalue weighted by Crippen LogP contribution is 2.40. The van der Waals surface area contributed by atoms with Crippen LogP contribution >= 0.6 is 0 Å². The minimum absolute atomic E-state index is 0.0977. The number of nitrogens with zero attached hydrogens (tertiary/aromatic N) is 3. The van der Waals surface area contributed by atoms with Gasteiger partial charge in [0.05, 0.1) is 11.3 Å². The molecule has 0 spiro atoms. The molecule has 1 aromatic heterocycles. The van der Waals surface area contributed by atoms with E-state index in [0.29, 0.717) is 5.69 Å². The highest BCUT2D eigenvalue weighted by atomic mass is 19.4. The average molecular weight is 231 g/mol. The lowest BCUT2D eigenvalue weighted by Gasteiger charge is -2.15. The summed E-state index contributed by atoms with van der Waals surface area (Å²) in [7, 11) is 1.33. The minimum atomic E-state index is -4.44. The van der Waals surface area contributed by atoms with Crippen molar-refractivity contribution < 1.29 is 13.2 Å². The molecule has 3 nitrogen and oxygen atoms in total. The molecule has 0 bridgehead atoms. The average Bonchev–Trinajstić information content (AvgIpc) is 2.12. The number of hydrogen-bond acceptors (Lipinski definition) is 3. The molecule has 0 unspecified atom stereocenters. The number of hydrogen-bond donors (Lipinski definition) is 0. The maximum atomic E-state index is 12.9. The van der Waals surface area contributed by atoms with Gasteiger partial charge in [-0.1, -0.05) is 0 Å². The van der Waals surface area contributed by atoms with Crippen LogP contribution in [0.4, 0.5) is 18.9 Å². The van der Waals surface area contributed by atoms with Gasteiger partial charge in [0.1, 0.15) is 5.69 Å². The van der Waals surface area contributed by atoms with Gasteiger partial charge in [0.15, 0.2) is 0 Å². The molecule has 6 heteroatoms. The molecule has 0 atom stereocenters. The maximum Gasteiger partial charge on any atom is 0.418 e. The van der Waals surface area contributed by atoms with Crippen molar-refractivity contribution in [3.63, 3.8) is 0 Å². The minimum Gasteiger partial charge on any atom is -0.256 e. The number of alkyl halides is 3. The van der Waals surface area contributed by atoms with Crippen LogP contribution < -0.4 is 0 Å². The zero-order chi connectivity index (χ0) is 12.5. The molecule has 0 fully saturated rings. The molecule has 16 heavy (non-hydrogen) atoms. The van der Waals surface area contributed by atoms with E-state index in [-0.39, 0.29) is 16.9 Å². The maximum absolute atomic E-state index is 12.9. The Bertz CT molecular complexity index is 436. The second-order valence-electron chi connectivity index (χ2n) is 3.43. The van der Waals surface area contributed by atoms with Gasteiger partial charge in [-0.15, -0.1) is 0 Å². The monoisotopic (exact) mass is 231 g/mol. The molecular weight excluding hydrogens is 219 g/mol. The lowest BCUT2D eigenvalue weighted by Crippen LogP contribution is -2.11. The summed E-state index contributed by atoms with van der Waals surface area (Å²) in [6.45, 7) is 4.43. The van der Waals surface area contributed by atoms with E-state index >= 15 is 0 Å². The molecular formula is C10H12F3N3. The Hall–Kier alpha value is -1.46. The normalized spacial score (nSPS) is 12.4. The number of aryl methyl sites for hydroxylation is 2. The first-order valence-electron chi connectivity index (χ1n) is 4.63. The van der Waals surface area contributed by atoms with Crippen molar-refractivity contribution >= 4 is 5.69 Å². The van der Waals surface area contributed by atoms with Crippen LogP contribution in [0.25, 0.3) is 0 Å². The van der Waals surface area contributed by atoms with Crippen LogP contribution in [0.15, 0.2) is 10.2 Å². The fourth-order valence-corrected chi connectivity index (χ4v) is 1.50. The van der Waals surface area contributed by atoms with Gasteiger partial charge in [-0.05, 0) is 26.3 Å². The lowest BCUT2D eigenvalue weighted by molar-refractivity contribution is -0.137. The van der Waals surface area contributed by atoms with Crippen LogP contribution in [0.1, 0.15) is 22.5 Å². The van der Waals surface area contributed by atoms with Crippen LogP contribution in [0, 0.1) is 20.8 Å². The van der Waals surface area contributed by atoms with Crippen LogP contribution in [0.5, 0.6) is 0 Å². The standard InChI is InChI=1S/C10H12F3N3/c1-5-6(2)15-7(3)9(16-14-4)8(5)10(11,12)13/h1-4H3. The van der Waals surface area contributed by atoms with Gasteiger partial charge in [0.25, 0.3) is 0 Å². The molecule has 0 aromatic carbocycles. The Morgan fingerprint density at radius 1 is 1.06 bits per heavy atom. The van der Waals surface area contributed by atoms with Crippen LogP contribution in [-0.2, 0) is 6.18 Å². The van der Waals surface area contributed by atoms with Gasteiger partial charge >= 0.3 is 6.18 Å². The summed E-state index contributed by atoms with van der Waals surface area (Å²) in [5.41, 5.74) is -0.248. The van der Waals surface area contributed by atoms with Crippen molar-refractivity contribution in [1.82, 2.24) is 4.98 Å². The summed E-state index contributed by atoms with van der Waals surface area (Å²) < 4.78 is 38.6. The molecule has 0 saturated carbocycles. The summed E-state index contributed by atoms with van der Waals surface area (Å²) in [5.74, 6) is 0. The first-order valence-corrected chi connectivity index (χ1v) is 4.63. The molecule has 0 amide bonds. The van der Waals surface area contributed by atoms with Crippen molar-refractivity contribution in [2.45, 2.75) is 26.9 Å². The number of rotatable bonds is 1. The van der Waals surface area contributed by atoms with Gasteiger partial charge < -0.3 is 0 Å². The van der Waals surface area contributed by atoms with E-state index in [1.165, 1.54) is 20.9 Å². The van der Waals surface area contributed by atoms with Crippen LogP contribution in [-0.4, -0.2) is 12.0 Å². The van der Waals surface area contributed by atoms with Crippen LogP contribution in [0.3, 0.4) is 0 Å². The van der Waals surface area contributed by atoms with E-state index in [4.69, 9.17) is 0 Å². The summed E-state index contributed by atoms with van der Waals surface area (Å²) in [4.78, 5) is 4.01. The van der Waals surface area contributed by atoms with E-state index in [2.05, 4.69) is 15.2 Å². The Morgan fingerprint density at radius 2 is 1.62 bits per heavy atom. The van der Waals surface area contributed by atoms with Crippen molar-refractivity contribution in [2.24, 2.45) is 10.2 Å². The Balaban J connectivity index is 3.65. The quantitative estimate of drug-likeness (QED) is 0.678. The van der Waals surface area contributed by atoms with Gasteiger partial charge in [0, 0.05) is 12.7 Å². The molecule has 0 aliphatic heterocycles. The third-order valence-electron chi connectivity index (χ3n) is 2.32. The van der Waals surface area contributed by atoms with Crippen molar-refractivity contribution in [1.29, 1.82) is 0 Å². The zero-order valence-electron chi connectivity index (χ0n) is 9.48. The largest absolute Gasteiger partial charge is 0.418 e. The SMILES string of the molecule is CN=Nc1c(C)nc(C)c(C)c1C(F)(F)F. The van der Waals surface area contributed by atoms with Gasteiger partial charge in [-0.25, -0.2) is 0 Å². The first kappa shape index (κ1) is 12.6. The number of aromatic nitrogens is 1. The summed E-state index contributed by atoms with van der Waals surface area (Å²) >= 11 is 0. The van der Waals surface area contributed by atoms with Crippen molar-refractivity contribution in [2.75, 3.05) is 7.05 Å². The summed E-state index contributed by atoms with van der Waals surface area (Å²) in [5, 5.41) is 6.91. The highest BCUT2D eigenvalue weighted by Gasteiger charge is 2.37. The van der Waals surface area contributed by atoms with E-state index in [9.17, 15) is 13.2 Å². The molecule has 0 aliphatic rings. The van der Waals surface area contributed by atoms with E-state index in [0.717, 1.165) is 0 Å². The number of halogens is 3. The molecule has 1 heterocycles. The van der Waals surface area contributed by atoms with E-state index in [1.54, 1.807) is 6.92 Å². The first-order chi connectivity index (χ1) is 7.29. The second kappa shape index (κ2) is 4.19. The molecule has 88 valence electrons. The van der Waals surface area contributed by atoms with E-state index < -0.39 is 11.7 Å². The fraction of sp³-hybridized carbons (Fsp3) is 0.500. The summed E-state index contributed by atoms with van der Waals surface area (Å²) in [6, 6.07) is 0. The zero-order valence-corrected chi connectivity index (χ0v) is 9.48.